The van der Waals surface area contributed by atoms with Crippen molar-refractivity contribution in [2.75, 3.05) is 6.61 Å². The van der Waals surface area contributed by atoms with Crippen LogP contribution in [0.2, 0.25) is 0 Å². The molecule has 2 nitrogen and oxygen atoms in total. The highest BCUT2D eigenvalue weighted by Gasteiger charge is 2.01. The fraction of sp³-hybridized carbons (Fsp3) is 0.364. The fourth-order valence-electron chi connectivity index (χ4n) is 1.12. The zero-order valence-electron chi connectivity index (χ0n) is 8.43. The van der Waals surface area contributed by atoms with Crippen molar-refractivity contribution in [2.45, 2.75) is 19.8 Å². The maximum atomic E-state index is 12.7. The number of Topliss-reactive ketones (excluding diaryl/α,β-unsaturated/α-hetero) is 1. The number of hydrogen-bond acceptors (Lipinski definition) is 2. The number of ketones is 1. The van der Waals surface area contributed by atoms with Gasteiger partial charge in [-0.25, -0.2) is 8.78 Å². The molecule has 1 aromatic rings. The zero-order valence-corrected chi connectivity index (χ0v) is 8.43. The Balaban J connectivity index is 2.40. The molecule has 0 fully saturated rings. The number of benzene rings is 1. The van der Waals surface area contributed by atoms with Gasteiger partial charge < -0.3 is 9.53 Å². The van der Waals surface area contributed by atoms with E-state index in [2.05, 4.69) is 0 Å². The number of ether oxygens (including phenoxy) is 1. The lowest BCUT2D eigenvalue weighted by Crippen LogP contribution is -2.01. The Bertz CT molecular complexity index is 330. The lowest BCUT2D eigenvalue weighted by Gasteiger charge is -2.05. The van der Waals surface area contributed by atoms with Crippen molar-refractivity contribution >= 4 is 5.78 Å². The molecule has 0 bridgehead atoms. The first-order chi connectivity index (χ1) is 7.08. The molecule has 0 heterocycles. The smallest absolute Gasteiger partial charge is 0.129 e. The van der Waals surface area contributed by atoms with Crippen LogP contribution in [-0.2, 0) is 4.79 Å². The van der Waals surface area contributed by atoms with Crippen LogP contribution in [-0.4, -0.2) is 12.4 Å². The maximum absolute atomic E-state index is 12.7. The highest BCUT2D eigenvalue weighted by Crippen LogP contribution is 2.15. The van der Waals surface area contributed by atoms with E-state index in [0.717, 1.165) is 18.2 Å². The van der Waals surface area contributed by atoms with E-state index < -0.39 is 11.6 Å². The predicted octanol–water partition coefficient (Wildman–Crippen LogP) is 2.71. The van der Waals surface area contributed by atoms with Crippen LogP contribution in [0, 0.1) is 11.6 Å². The van der Waals surface area contributed by atoms with E-state index in [1.54, 1.807) is 0 Å². The van der Waals surface area contributed by atoms with Gasteiger partial charge in [-0.1, -0.05) is 0 Å². The molecule has 0 aliphatic heterocycles. The summed E-state index contributed by atoms with van der Waals surface area (Å²) in [5, 5.41) is 0. The molecule has 0 atom stereocenters. The van der Waals surface area contributed by atoms with Crippen LogP contribution < -0.4 is 4.74 Å². The topological polar surface area (TPSA) is 26.3 Å². The van der Waals surface area contributed by atoms with Gasteiger partial charge in [-0.2, -0.15) is 0 Å². The molecule has 15 heavy (non-hydrogen) atoms. The highest BCUT2D eigenvalue weighted by molar-refractivity contribution is 5.75. The summed E-state index contributed by atoms with van der Waals surface area (Å²) in [5.41, 5.74) is 0. The Morgan fingerprint density at radius 1 is 1.27 bits per heavy atom. The minimum atomic E-state index is -0.670. The Morgan fingerprint density at radius 3 is 2.40 bits per heavy atom. The van der Waals surface area contributed by atoms with Crippen LogP contribution in [0.1, 0.15) is 19.8 Å². The largest absolute Gasteiger partial charge is 0.493 e. The SMILES string of the molecule is CC(=O)CCCOc1cc(F)cc(F)c1. The predicted molar refractivity (Wildman–Crippen MR) is 51.8 cm³/mol. The van der Waals surface area contributed by atoms with Crippen LogP contribution in [0.15, 0.2) is 18.2 Å². The summed E-state index contributed by atoms with van der Waals surface area (Å²) in [5.74, 6) is -1.12. The van der Waals surface area contributed by atoms with Gasteiger partial charge in [-0.05, 0) is 13.3 Å². The number of hydrogen-bond donors (Lipinski definition) is 0. The monoisotopic (exact) mass is 214 g/mol. The second kappa shape index (κ2) is 5.44. The van der Waals surface area contributed by atoms with Crippen LogP contribution in [0.5, 0.6) is 5.75 Å². The highest BCUT2D eigenvalue weighted by atomic mass is 19.1. The first kappa shape index (κ1) is 11.6. The molecule has 0 aromatic heterocycles. The van der Waals surface area contributed by atoms with E-state index in [9.17, 15) is 13.6 Å². The average molecular weight is 214 g/mol. The molecule has 1 rings (SSSR count). The molecule has 82 valence electrons. The number of halogens is 2. The minimum Gasteiger partial charge on any atom is -0.493 e. The minimum absolute atomic E-state index is 0.0732. The third-order valence-electron chi connectivity index (χ3n) is 1.78. The molecule has 0 saturated carbocycles. The standard InChI is InChI=1S/C11H12F2O2/c1-8(14)3-2-4-15-11-6-9(12)5-10(13)7-11/h5-7H,2-4H2,1H3. The summed E-state index contributed by atoms with van der Waals surface area (Å²) >= 11 is 0. The van der Waals surface area contributed by atoms with Crippen LogP contribution in [0.4, 0.5) is 8.78 Å². The molecule has 0 amide bonds. The first-order valence-electron chi connectivity index (χ1n) is 4.66. The Hall–Kier alpha value is -1.45. The van der Waals surface area contributed by atoms with Gasteiger partial charge in [0.05, 0.1) is 6.61 Å². The summed E-state index contributed by atoms with van der Waals surface area (Å²) in [4.78, 5) is 10.6. The van der Waals surface area contributed by atoms with Crippen molar-refractivity contribution < 1.29 is 18.3 Å². The van der Waals surface area contributed by atoms with Gasteiger partial charge >= 0.3 is 0 Å². The third-order valence-corrected chi connectivity index (χ3v) is 1.78. The molecular formula is C11H12F2O2. The number of carbonyl (C=O) groups excluding carboxylic acids is 1. The lowest BCUT2D eigenvalue weighted by atomic mass is 10.2. The molecule has 0 aliphatic carbocycles. The molecular weight excluding hydrogens is 202 g/mol. The molecule has 0 N–H and O–H groups in total. The van der Waals surface area contributed by atoms with Crippen molar-refractivity contribution in [1.82, 2.24) is 0 Å². The Kier molecular flexibility index (Phi) is 4.21. The quantitative estimate of drug-likeness (QED) is 0.704. The van der Waals surface area contributed by atoms with Gasteiger partial charge in [0.1, 0.15) is 23.2 Å². The van der Waals surface area contributed by atoms with Crippen LogP contribution >= 0.6 is 0 Å². The van der Waals surface area contributed by atoms with Gasteiger partial charge in [-0.15, -0.1) is 0 Å². The fourth-order valence-corrected chi connectivity index (χ4v) is 1.12. The van der Waals surface area contributed by atoms with E-state index in [1.807, 2.05) is 0 Å². The zero-order chi connectivity index (χ0) is 11.3. The molecule has 4 heteroatoms. The number of carbonyl (C=O) groups is 1. The molecule has 1 aromatic carbocycles. The Morgan fingerprint density at radius 2 is 1.87 bits per heavy atom. The van der Waals surface area contributed by atoms with E-state index >= 15 is 0 Å². The van der Waals surface area contributed by atoms with Crippen molar-refractivity contribution in [1.29, 1.82) is 0 Å². The molecule has 0 radical (unpaired) electrons. The van der Waals surface area contributed by atoms with E-state index in [4.69, 9.17) is 4.74 Å². The van der Waals surface area contributed by atoms with E-state index in [1.165, 1.54) is 6.92 Å². The summed E-state index contributed by atoms with van der Waals surface area (Å²) in [7, 11) is 0. The molecule has 0 spiro atoms. The van der Waals surface area contributed by atoms with Crippen LogP contribution in [0.25, 0.3) is 0 Å². The van der Waals surface area contributed by atoms with E-state index in [0.29, 0.717) is 12.8 Å². The van der Waals surface area contributed by atoms with Crippen molar-refractivity contribution in [3.8, 4) is 5.75 Å². The van der Waals surface area contributed by atoms with Crippen molar-refractivity contribution in [3.63, 3.8) is 0 Å². The van der Waals surface area contributed by atoms with Gasteiger partial charge in [0.2, 0.25) is 0 Å². The number of rotatable bonds is 5. The van der Waals surface area contributed by atoms with Gasteiger partial charge in [0, 0.05) is 24.6 Å². The normalized spacial score (nSPS) is 10.1. The summed E-state index contributed by atoms with van der Waals surface area (Å²) in [6, 6.07) is 3.00. The summed E-state index contributed by atoms with van der Waals surface area (Å²) < 4.78 is 30.5. The Labute approximate surface area is 86.9 Å². The van der Waals surface area contributed by atoms with E-state index in [-0.39, 0.29) is 18.1 Å². The average Bonchev–Trinajstić information content (AvgIpc) is 2.10. The first-order valence-corrected chi connectivity index (χ1v) is 4.66. The molecule has 0 unspecified atom stereocenters. The van der Waals surface area contributed by atoms with Gasteiger partial charge in [0.15, 0.2) is 0 Å². The van der Waals surface area contributed by atoms with Crippen molar-refractivity contribution in [3.05, 3.63) is 29.8 Å². The lowest BCUT2D eigenvalue weighted by molar-refractivity contribution is -0.117. The second-order valence-corrected chi connectivity index (χ2v) is 3.26. The summed E-state index contributed by atoms with van der Waals surface area (Å²) in [6.07, 6.45) is 0.964. The third kappa shape index (κ3) is 4.54. The van der Waals surface area contributed by atoms with Gasteiger partial charge in [-0.3, -0.25) is 0 Å². The molecule has 0 saturated heterocycles. The van der Waals surface area contributed by atoms with Crippen molar-refractivity contribution in [2.24, 2.45) is 0 Å². The maximum Gasteiger partial charge on any atom is 0.129 e. The molecule has 0 aliphatic rings. The second-order valence-electron chi connectivity index (χ2n) is 3.26. The summed E-state index contributed by atoms with van der Waals surface area (Å²) in [6.45, 7) is 1.77. The van der Waals surface area contributed by atoms with Gasteiger partial charge in [0.25, 0.3) is 0 Å². The van der Waals surface area contributed by atoms with Crippen LogP contribution in [0.3, 0.4) is 0 Å².